The summed E-state index contributed by atoms with van der Waals surface area (Å²) in [6, 6.07) is 9.37. The molecule has 0 saturated heterocycles. The number of fused-ring (bicyclic) bond motifs is 3. The third-order valence-electron chi connectivity index (χ3n) is 5.39. The predicted octanol–water partition coefficient (Wildman–Crippen LogP) is 4.80. The van der Waals surface area contributed by atoms with Crippen LogP contribution in [-0.2, 0) is 22.9 Å². The van der Waals surface area contributed by atoms with Crippen molar-refractivity contribution in [1.82, 2.24) is 20.2 Å². The molecule has 1 unspecified atom stereocenters. The highest BCUT2D eigenvalue weighted by Gasteiger charge is 2.23. The van der Waals surface area contributed by atoms with Crippen LogP contribution in [0.2, 0.25) is 5.15 Å². The first-order chi connectivity index (χ1) is 15.4. The lowest BCUT2D eigenvalue weighted by atomic mass is 9.89. The largest absolute Gasteiger partial charge is 0.340 e. The molecular weight excluding hydrogens is 468 g/mol. The molecule has 1 aromatic carbocycles. The van der Waals surface area contributed by atoms with Gasteiger partial charge < -0.3 is 5.32 Å². The summed E-state index contributed by atoms with van der Waals surface area (Å²) in [4.78, 5) is 11.4. The second-order valence-corrected chi connectivity index (χ2v) is 10.9. The molecule has 0 bridgehead atoms. The molecule has 0 spiro atoms. The van der Waals surface area contributed by atoms with E-state index in [9.17, 15) is 8.42 Å². The van der Waals surface area contributed by atoms with Gasteiger partial charge in [0.05, 0.1) is 10.3 Å². The highest BCUT2D eigenvalue weighted by atomic mass is 35.5. The van der Waals surface area contributed by atoms with Crippen molar-refractivity contribution in [2.75, 3.05) is 10.0 Å². The summed E-state index contributed by atoms with van der Waals surface area (Å²) in [6.07, 6.45) is 4.82. The van der Waals surface area contributed by atoms with Crippen LogP contribution in [0.25, 0.3) is 10.2 Å². The summed E-state index contributed by atoms with van der Waals surface area (Å²) in [7, 11) is -3.81. The maximum Gasteiger partial charge on any atom is 0.263 e. The van der Waals surface area contributed by atoms with Crippen LogP contribution in [-0.4, -0.2) is 28.6 Å². The third kappa shape index (κ3) is 4.13. The van der Waals surface area contributed by atoms with Crippen LogP contribution in [0, 0.1) is 5.92 Å². The first-order valence-electron chi connectivity index (χ1n) is 10.0. The average molecular weight is 487 g/mol. The number of nitrogens with one attached hydrogen (secondary N) is 2. The lowest BCUT2D eigenvalue weighted by molar-refractivity contribution is 0.509. The van der Waals surface area contributed by atoms with Crippen LogP contribution in [0.5, 0.6) is 0 Å². The average Bonchev–Trinajstić information content (AvgIpc) is 3.14. The van der Waals surface area contributed by atoms with Crippen LogP contribution >= 0.6 is 22.9 Å². The van der Waals surface area contributed by atoms with E-state index in [1.54, 1.807) is 29.8 Å². The minimum atomic E-state index is -3.81. The van der Waals surface area contributed by atoms with Crippen molar-refractivity contribution in [3.63, 3.8) is 0 Å². The molecule has 5 rings (SSSR count). The van der Waals surface area contributed by atoms with Crippen molar-refractivity contribution < 1.29 is 8.42 Å². The standard InChI is InChI=1S/C21H19ClN6O2S2/c1-12-2-7-15-16(10-12)31-21-19(15)20(23-11-24-21)25-13-3-5-14(6-4-13)32(29,30)28-18-9-8-17(22)26-27-18/h3-6,8-9,11-12H,2,7,10H2,1H3,(H,27,28)(H,23,24,25). The fraction of sp³-hybridized carbons (Fsp3) is 0.238. The van der Waals surface area contributed by atoms with E-state index in [4.69, 9.17) is 11.6 Å². The Kier molecular flexibility index (Phi) is 5.44. The number of aryl methyl sites for hydroxylation is 1. The topological polar surface area (TPSA) is 110 Å². The Bertz CT molecular complexity index is 1390. The normalized spacial score (nSPS) is 16.0. The summed E-state index contributed by atoms with van der Waals surface area (Å²) in [5, 5.41) is 12.0. The number of hydrogen-bond donors (Lipinski definition) is 2. The van der Waals surface area contributed by atoms with E-state index in [0.717, 1.165) is 41.0 Å². The second-order valence-electron chi connectivity index (χ2n) is 7.75. The van der Waals surface area contributed by atoms with Gasteiger partial charge in [-0.3, -0.25) is 4.72 Å². The van der Waals surface area contributed by atoms with Gasteiger partial charge in [0.2, 0.25) is 0 Å². The molecule has 164 valence electrons. The first kappa shape index (κ1) is 21.0. The zero-order chi connectivity index (χ0) is 22.3. The molecule has 1 aliphatic carbocycles. The van der Waals surface area contributed by atoms with Crippen molar-refractivity contribution in [2.45, 2.75) is 31.1 Å². The molecule has 0 amide bonds. The Hall–Kier alpha value is -2.82. The van der Waals surface area contributed by atoms with E-state index < -0.39 is 10.0 Å². The van der Waals surface area contributed by atoms with Crippen molar-refractivity contribution in [1.29, 1.82) is 0 Å². The molecule has 3 heterocycles. The molecule has 0 fully saturated rings. The van der Waals surface area contributed by atoms with Crippen LogP contribution in [0.1, 0.15) is 23.8 Å². The molecule has 1 aliphatic rings. The van der Waals surface area contributed by atoms with E-state index in [2.05, 4.69) is 37.1 Å². The van der Waals surface area contributed by atoms with Crippen molar-refractivity contribution in [3.05, 3.63) is 58.3 Å². The highest BCUT2D eigenvalue weighted by molar-refractivity contribution is 7.92. The summed E-state index contributed by atoms with van der Waals surface area (Å²) < 4.78 is 27.7. The molecular formula is C21H19ClN6O2S2. The molecule has 0 radical (unpaired) electrons. The molecule has 4 aromatic rings. The molecule has 3 aromatic heterocycles. The summed E-state index contributed by atoms with van der Waals surface area (Å²) >= 11 is 7.43. The Balaban J connectivity index is 1.39. The van der Waals surface area contributed by atoms with E-state index in [-0.39, 0.29) is 15.9 Å². The van der Waals surface area contributed by atoms with Gasteiger partial charge in [-0.05, 0) is 67.1 Å². The minimum Gasteiger partial charge on any atom is -0.340 e. The fourth-order valence-electron chi connectivity index (χ4n) is 3.79. The van der Waals surface area contributed by atoms with Gasteiger partial charge in [-0.1, -0.05) is 18.5 Å². The van der Waals surface area contributed by atoms with Crippen LogP contribution < -0.4 is 10.0 Å². The molecule has 0 aliphatic heterocycles. The molecule has 0 saturated carbocycles. The lowest BCUT2D eigenvalue weighted by Gasteiger charge is -2.18. The number of sulfonamides is 1. The van der Waals surface area contributed by atoms with Gasteiger partial charge in [0.25, 0.3) is 10.0 Å². The minimum absolute atomic E-state index is 0.0940. The van der Waals surface area contributed by atoms with Gasteiger partial charge >= 0.3 is 0 Å². The van der Waals surface area contributed by atoms with Gasteiger partial charge in [0.15, 0.2) is 11.0 Å². The Morgan fingerprint density at radius 3 is 2.66 bits per heavy atom. The zero-order valence-corrected chi connectivity index (χ0v) is 19.4. The molecule has 8 nitrogen and oxygen atoms in total. The van der Waals surface area contributed by atoms with Gasteiger partial charge in [0, 0.05) is 10.6 Å². The third-order valence-corrected chi connectivity index (χ3v) is 8.12. The van der Waals surface area contributed by atoms with Crippen molar-refractivity contribution >= 4 is 60.5 Å². The van der Waals surface area contributed by atoms with Crippen molar-refractivity contribution in [3.8, 4) is 0 Å². The van der Waals surface area contributed by atoms with E-state index in [1.165, 1.54) is 34.7 Å². The summed E-state index contributed by atoms with van der Waals surface area (Å²) in [5.74, 6) is 1.52. The highest BCUT2D eigenvalue weighted by Crippen LogP contribution is 2.40. The number of rotatable bonds is 5. The predicted molar refractivity (Wildman–Crippen MR) is 126 cm³/mol. The van der Waals surface area contributed by atoms with Crippen LogP contribution in [0.4, 0.5) is 17.3 Å². The smallest absolute Gasteiger partial charge is 0.263 e. The number of benzene rings is 1. The SMILES string of the molecule is CC1CCc2c(sc3ncnc(Nc4ccc(S(=O)(=O)Nc5ccc(Cl)nn5)cc4)c23)C1. The number of aromatic nitrogens is 4. The lowest BCUT2D eigenvalue weighted by Crippen LogP contribution is -2.14. The van der Waals surface area contributed by atoms with Crippen LogP contribution in [0.15, 0.2) is 47.6 Å². The van der Waals surface area contributed by atoms with Crippen molar-refractivity contribution in [2.24, 2.45) is 5.92 Å². The maximum atomic E-state index is 12.6. The molecule has 2 N–H and O–H groups in total. The fourth-order valence-corrected chi connectivity index (χ4v) is 6.24. The Morgan fingerprint density at radius 2 is 1.91 bits per heavy atom. The summed E-state index contributed by atoms with van der Waals surface area (Å²) in [5.41, 5.74) is 2.07. The summed E-state index contributed by atoms with van der Waals surface area (Å²) in [6.45, 7) is 2.28. The van der Waals surface area contributed by atoms with E-state index in [0.29, 0.717) is 5.92 Å². The quantitative estimate of drug-likeness (QED) is 0.416. The maximum absolute atomic E-state index is 12.6. The molecule has 1 atom stereocenters. The monoisotopic (exact) mass is 486 g/mol. The van der Waals surface area contributed by atoms with Gasteiger partial charge in [-0.25, -0.2) is 18.4 Å². The first-order valence-corrected chi connectivity index (χ1v) is 12.7. The van der Waals surface area contributed by atoms with Crippen LogP contribution in [0.3, 0.4) is 0 Å². The number of nitrogens with zero attached hydrogens (tertiary/aromatic N) is 4. The number of thiophene rings is 1. The number of anilines is 3. The second kappa shape index (κ2) is 8.27. The number of hydrogen-bond acceptors (Lipinski definition) is 8. The van der Waals surface area contributed by atoms with Gasteiger partial charge in [-0.2, -0.15) is 0 Å². The van der Waals surface area contributed by atoms with Gasteiger partial charge in [0.1, 0.15) is 17.0 Å². The number of halogens is 1. The molecule has 32 heavy (non-hydrogen) atoms. The Labute approximate surface area is 194 Å². The van der Waals surface area contributed by atoms with E-state index >= 15 is 0 Å². The van der Waals surface area contributed by atoms with E-state index in [1.807, 2.05) is 0 Å². The molecule has 11 heteroatoms. The van der Waals surface area contributed by atoms with Gasteiger partial charge in [-0.15, -0.1) is 21.5 Å². The zero-order valence-electron chi connectivity index (χ0n) is 17.0. The Morgan fingerprint density at radius 1 is 1.09 bits per heavy atom.